The molecule has 0 aliphatic carbocycles. The summed E-state index contributed by atoms with van der Waals surface area (Å²) in [5, 5.41) is 8.35. The Labute approximate surface area is 124 Å². The molecule has 2 heterocycles. The molecule has 0 aromatic carbocycles. The van der Waals surface area contributed by atoms with Crippen molar-refractivity contribution in [1.29, 1.82) is 0 Å². The summed E-state index contributed by atoms with van der Waals surface area (Å²) in [5.74, 6) is 0.172. The normalized spacial score (nSPS) is 14.4. The van der Waals surface area contributed by atoms with Crippen LogP contribution >= 0.6 is 23.7 Å². The third kappa shape index (κ3) is 6.23. The van der Waals surface area contributed by atoms with Crippen LogP contribution in [-0.2, 0) is 11.2 Å². The highest BCUT2D eigenvalue weighted by Gasteiger charge is 2.05. The molecule has 0 saturated carbocycles. The van der Waals surface area contributed by atoms with Gasteiger partial charge in [-0.2, -0.15) is 0 Å². The fourth-order valence-corrected chi connectivity index (χ4v) is 2.76. The van der Waals surface area contributed by atoms with E-state index in [2.05, 4.69) is 34.2 Å². The summed E-state index contributed by atoms with van der Waals surface area (Å²) in [7, 11) is 0. The lowest BCUT2D eigenvalue weighted by molar-refractivity contribution is -0.121. The van der Waals surface area contributed by atoms with E-state index in [0.717, 1.165) is 38.9 Å². The van der Waals surface area contributed by atoms with Crippen LogP contribution in [0.15, 0.2) is 29.2 Å². The first-order valence-corrected chi connectivity index (χ1v) is 7.40. The molecule has 0 unspecified atom stereocenters. The van der Waals surface area contributed by atoms with Gasteiger partial charge in [0.1, 0.15) is 0 Å². The Kier molecular flexibility index (Phi) is 7.79. The van der Waals surface area contributed by atoms with Crippen molar-refractivity contribution in [3.8, 4) is 0 Å². The zero-order valence-electron chi connectivity index (χ0n) is 11.0. The van der Waals surface area contributed by atoms with E-state index in [1.54, 1.807) is 11.3 Å². The summed E-state index contributed by atoms with van der Waals surface area (Å²) in [5.41, 5.74) is 1.35. The average molecular weight is 301 g/mol. The second-order valence-corrected chi connectivity index (χ2v) is 5.56. The van der Waals surface area contributed by atoms with Crippen molar-refractivity contribution >= 4 is 29.7 Å². The first-order chi connectivity index (χ1) is 8.84. The van der Waals surface area contributed by atoms with Gasteiger partial charge >= 0.3 is 0 Å². The van der Waals surface area contributed by atoms with Gasteiger partial charge in [-0.05, 0) is 37.3 Å². The lowest BCUT2D eigenvalue weighted by atomic mass is 10.1. The van der Waals surface area contributed by atoms with Gasteiger partial charge in [0.05, 0.1) is 0 Å². The minimum Gasteiger partial charge on any atom is -0.352 e. The number of aryl methyl sites for hydroxylation is 1. The third-order valence-electron chi connectivity index (χ3n) is 3.08. The Balaban J connectivity index is 0.00000180. The number of amides is 1. The fourth-order valence-electron chi connectivity index (χ4n) is 2.01. The second kappa shape index (κ2) is 9.13. The molecule has 2 rings (SSSR count). The van der Waals surface area contributed by atoms with E-state index >= 15 is 0 Å². The summed E-state index contributed by atoms with van der Waals surface area (Å²) >= 11 is 1.76. The van der Waals surface area contributed by atoms with Crippen LogP contribution in [-0.4, -0.2) is 25.5 Å². The number of carbonyl (C=O) groups excluding carboxylic acids is 1. The van der Waals surface area contributed by atoms with Crippen LogP contribution in [0.2, 0.25) is 0 Å². The summed E-state index contributed by atoms with van der Waals surface area (Å²) in [6, 6.07) is 4.19. The van der Waals surface area contributed by atoms with E-state index in [1.807, 2.05) is 0 Å². The van der Waals surface area contributed by atoms with Gasteiger partial charge in [0.15, 0.2) is 0 Å². The molecule has 1 aromatic rings. The predicted molar refractivity (Wildman–Crippen MR) is 83.1 cm³/mol. The lowest BCUT2D eigenvalue weighted by Gasteiger charge is -2.14. The van der Waals surface area contributed by atoms with Crippen molar-refractivity contribution in [2.45, 2.75) is 25.7 Å². The topological polar surface area (TPSA) is 41.1 Å². The van der Waals surface area contributed by atoms with Gasteiger partial charge in [-0.25, -0.2) is 0 Å². The Morgan fingerprint density at radius 2 is 2.37 bits per heavy atom. The Morgan fingerprint density at radius 1 is 1.47 bits per heavy atom. The molecule has 1 amide bonds. The highest BCUT2D eigenvalue weighted by molar-refractivity contribution is 7.09. The zero-order valence-corrected chi connectivity index (χ0v) is 12.6. The molecule has 1 aromatic heterocycles. The SMILES string of the molecule is Cl.O=C(CCCc1cccs1)NCC1=CCNCC1. The van der Waals surface area contributed by atoms with Crippen LogP contribution in [0.5, 0.6) is 0 Å². The largest absolute Gasteiger partial charge is 0.352 e. The molecule has 0 spiro atoms. The average Bonchev–Trinajstić information content (AvgIpc) is 2.91. The van der Waals surface area contributed by atoms with Crippen molar-refractivity contribution in [3.63, 3.8) is 0 Å². The van der Waals surface area contributed by atoms with Gasteiger partial charge in [0.25, 0.3) is 0 Å². The number of hydrogen-bond donors (Lipinski definition) is 2. The van der Waals surface area contributed by atoms with Gasteiger partial charge in [-0.15, -0.1) is 23.7 Å². The van der Waals surface area contributed by atoms with Crippen LogP contribution < -0.4 is 10.6 Å². The van der Waals surface area contributed by atoms with Gasteiger partial charge in [0.2, 0.25) is 5.91 Å². The Morgan fingerprint density at radius 3 is 3.05 bits per heavy atom. The first-order valence-electron chi connectivity index (χ1n) is 6.52. The molecular formula is C14H21ClN2OS. The number of hydrogen-bond acceptors (Lipinski definition) is 3. The molecule has 0 bridgehead atoms. The van der Waals surface area contributed by atoms with Gasteiger partial charge in [0, 0.05) is 24.4 Å². The molecular weight excluding hydrogens is 280 g/mol. The van der Waals surface area contributed by atoms with Crippen LogP contribution in [0.4, 0.5) is 0 Å². The molecule has 106 valence electrons. The summed E-state index contributed by atoms with van der Waals surface area (Å²) in [6.45, 7) is 2.68. The maximum absolute atomic E-state index is 11.7. The molecule has 0 saturated heterocycles. The first kappa shape index (κ1) is 16.2. The molecule has 5 heteroatoms. The molecule has 0 atom stereocenters. The van der Waals surface area contributed by atoms with Gasteiger partial charge in [-0.1, -0.05) is 17.7 Å². The number of rotatable bonds is 6. The van der Waals surface area contributed by atoms with Crippen LogP contribution in [0.1, 0.15) is 24.1 Å². The van der Waals surface area contributed by atoms with E-state index < -0.39 is 0 Å². The molecule has 3 nitrogen and oxygen atoms in total. The smallest absolute Gasteiger partial charge is 0.220 e. The monoisotopic (exact) mass is 300 g/mol. The number of carbonyl (C=O) groups is 1. The summed E-state index contributed by atoms with van der Waals surface area (Å²) < 4.78 is 0. The molecule has 0 radical (unpaired) electrons. The summed E-state index contributed by atoms with van der Waals surface area (Å²) in [6.07, 6.45) is 5.80. The molecule has 1 aliphatic rings. The molecule has 0 fully saturated rings. The van der Waals surface area contributed by atoms with Crippen molar-refractivity contribution in [2.24, 2.45) is 0 Å². The van der Waals surface area contributed by atoms with Crippen molar-refractivity contribution < 1.29 is 4.79 Å². The molecule has 19 heavy (non-hydrogen) atoms. The van der Waals surface area contributed by atoms with Crippen LogP contribution in [0.3, 0.4) is 0 Å². The van der Waals surface area contributed by atoms with Gasteiger partial charge < -0.3 is 10.6 Å². The van der Waals surface area contributed by atoms with Crippen molar-refractivity contribution in [3.05, 3.63) is 34.0 Å². The predicted octanol–water partition coefficient (Wildman–Crippen LogP) is 2.53. The van der Waals surface area contributed by atoms with Crippen LogP contribution in [0.25, 0.3) is 0 Å². The Hall–Kier alpha value is -0.840. The van der Waals surface area contributed by atoms with E-state index in [9.17, 15) is 4.79 Å². The minimum atomic E-state index is 0. The van der Waals surface area contributed by atoms with E-state index in [-0.39, 0.29) is 18.3 Å². The molecule has 2 N–H and O–H groups in total. The highest BCUT2D eigenvalue weighted by atomic mass is 35.5. The third-order valence-corrected chi connectivity index (χ3v) is 4.01. The zero-order chi connectivity index (χ0) is 12.6. The minimum absolute atomic E-state index is 0. The fraction of sp³-hybridized carbons (Fsp3) is 0.500. The lowest BCUT2D eigenvalue weighted by Crippen LogP contribution is -2.29. The Bertz CT molecular complexity index is 404. The number of halogens is 1. The highest BCUT2D eigenvalue weighted by Crippen LogP contribution is 2.11. The maximum atomic E-state index is 11.7. The van der Waals surface area contributed by atoms with Crippen molar-refractivity contribution in [2.75, 3.05) is 19.6 Å². The number of nitrogens with one attached hydrogen (secondary N) is 2. The molecule has 1 aliphatic heterocycles. The van der Waals surface area contributed by atoms with Gasteiger partial charge in [-0.3, -0.25) is 4.79 Å². The number of thiophene rings is 1. The van der Waals surface area contributed by atoms with E-state index in [1.165, 1.54) is 10.5 Å². The summed E-state index contributed by atoms with van der Waals surface area (Å²) in [4.78, 5) is 13.0. The van der Waals surface area contributed by atoms with Crippen molar-refractivity contribution in [1.82, 2.24) is 10.6 Å². The van der Waals surface area contributed by atoms with E-state index in [4.69, 9.17) is 0 Å². The standard InChI is InChI=1S/C14H20N2OS.ClH/c17-14(5-1-3-13-4-2-10-18-13)16-11-12-6-8-15-9-7-12;/h2,4,6,10,15H,1,3,5,7-9,11H2,(H,16,17);1H. The quantitative estimate of drug-likeness (QED) is 0.793. The van der Waals surface area contributed by atoms with E-state index in [0.29, 0.717) is 6.42 Å². The van der Waals surface area contributed by atoms with Crippen LogP contribution in [0, 0.1) is 0 Å². The maximum Gasteiger partial charge on any atom is 0.220 e. The second-order valence-electron chi connectivity index (χ2n) is 4.53.